The number of nitrogens with zero attached hydrogens (tertiary/aromatic N) is 4. The number of pyridine rings is 1. The average Bonchev–Trinajstić information content (AvgIpc) is 2.67. The number of fused-ring (bicyclic) bond motifs is 1. The fourth-order valence-corrected chi connectivity index (χ4v) is 3.48. The highest BCUT2D eigenvalue weighted by Gasteiger charge is 2.29. The summed E-state index contributed by atoms with van der Waals surface area (Å²) in [6, 6.07) is -0.174. The van der Waals surface area contributed by atoms with Gasteiger partial charge in [-0.3, -0.25) is 4.98 Å². The van der Waals surface area contributed by atoms with Gasteiger partial charge in [0.15, 0.2) is 0 Å². The fraction of sp³-hybridized carbons (Fsp3) is 0.650. The number of hydrogen-bond donors (Lipinski definition) is 1. The van der Waals surface area contributed by atoms with E-state index in [1.807, 2.05) is 27.7 Å². The summed E-state index contributed by atoms with van der Waals surface area (Å²) in [5.41, 5.74) is 2.13. The molecular weight excluding hydrogens is 358 g/mol. The Morgan fingerprint density at radius 1 is 1.36 bits per heavy atom. The van der Waals surface area contributed by atoms with E-state index in [0.29, 0.717) is 19.8 Å². The second-order valence-corrected chi connectivity index (χ2v) is 8.12. The molecule has 154 valence electrons. The summed E-state index contributed by atoms with van der Waals surface area (Å²) < 4.78 is 11.0. The van der Waals surface area contributed by atoms with Gasteiger partial charge in [-0.15, -0.1) is 0 Å². The van der Waals surface area contributed by atoms with Crippen LogP contribution in [0.3, 0.4) is 0 Å². The van der Waals surface area contributed by atoms with Gasteiger partial charge >= 0.3 is 6.09 Å². The molecule has 3 heterocycles. The van der Waals surface area contributed by atoms with Crippen molar-refractivity contribution in [2.24, 2.45) is 4.99 Å². The van der Waals surface area contributed by atoms with Gasteiger partial charge in [-0.05, 0) is 27.2 Å². The van der Waals surface area contributed by atoms with Crippen LogP contribution in [0.1, 0.15) is 45.7 Å². The van der Waals surface area contributed by atoms with Crippen LogP contribution < -0.4 is 5.32 Å². The SMILES string of the molecule is CCC(c1cncc2c1N=C(N1CCOCC1)CN2)N(C)C(=O)OC(C)(C)C. The van der Waals surface area contributed by atoms with Gasteiger partial charge in [0.2, 0.25) is 0 Å². The molecule has 1 fully saturated rings. The van der Waals surface area contributed by atoms with Crippen molar-refractivity contribution in [3.63, 3.8) is 0 Å². The first-order valence-electron chi connectivity index (χ1n) is 9.88. The van der Waals surface area contributed by atoms with Crippen molar-refractivity contribution in [2.75, 3.05) is 45.2 Å². The smallest absolute Gasteiger partial charge is 0.410 e. The second kappa shape index (κ2) is 8.34. The molecule has 1 saturated heterocycles. The number of nitrogens with one attached hydrogen (secondary N) is 1. The van der Waals surface area contributed by atoms with Crippen LogP contribution in [0.2, 0.25) is 0 Å². The standard InChI is InChI=1S/C20H31N5O3/c1-6-16(24(5)19(26)28-20(2,3)4)14-11-21-12-15-18(14)23-17(13-22-15)25-7-9-27-10-8-25/h11-12,16,22H,6-10,13H2,1-5H3. The van der Waals surface area contributed by atoms with Crippen molar-refractivity contribution in [1.29, 1.82) is 0 Å². The summed E-state index contributed by atoms with van der Waals surface area (Å²) in [4.78, 5) is 25.9. The lowest BCUT2D eigenvalue weighted by Gasteiger charge is -2.34. The maximum atomic E-state index is 12.6. The lowest BCUT2D eigenvalue weighted by Crippen LogP contribution is -2.44. The Kier molecular flexibility index (Phi) is 6.07. The number of hydrogen-bond acceptors (Lipinski definition) is 7. The van der Waals surface area contributed by atoms with Crippen molar-refractivity contribution < 1.29 is 14.3 Å². The van der Waals surface area contributed by atoms with Crippen LogP contribution >= 0.6 is 0 Å². The molecule has 1 aromatic rings. The summed E-state index contributed by atoms with van der Waals surface area (Å²) in [5.74, 6) is 0.998. The van der Waals surface area contributed by atoms with Crippen LogP contribution in [0.4, 0.5) is 16.2 Å². The zero-order valence-corrected chi connectivity index (χ0v) is 17.5. The number of morpholine rings is 1. The van der Waals surface area contributed by atoms with E-state index in [0.717, 1.165) is 42.3 Å². The molecule has 0 saturated carbocycles. The number of rotatable bonds is 3. The van der Waals surface area contributed by atoms with Crippen molar-refractivity contribution in [3.05, 3.63) is 18.0 Å². The predicted octanol–water partition coefficient (Wildman–Crippen LogP) is 3.19. The minimum atomic E-state index is -0.540. The fourth-order valence-electron chi connectivity index (χ4n) is 3.48. The van der Waals surface area contributed by atoms with Gasteiger partial charge in [0.05, 0.1) is 43.4 Å². The van der Waals surface area contributed by atoms with E-state index in [4.69, 9.17) is 14.5 Å². The third kappa shape index (κ3) is 4.55. The zero-order chi connectivity index (χ0) is 20.3. The van der Waals surface area contributed by atoms with E-state index in [-0.39, 0.29) is 12.1 Å². The first-order valence-corrected chi connectivity index (χ1v) is 9.88. The molecular formula is C20H31N5O3. The molecule has 1 N–H and O–H groups in total. The third-order valence-electron chi connectivity index (χ3n) is 4.89. The molecule has 2 aliphatic rings. The lowest BCUT2D eigenvalue weighted by atomic mass is 10.0. The maximum absolute atomic E-state index is 12.6. The van der Waals surface area contributed by atoms with E-state index in [1.54, 1.807) is 24.3 Å². The van der Waals surface area contributed by atoms with Crippen molar-refractivity contribution in [2.45, 2.75) is 45.8 Å². The lowest BCUT2D eigenvalue weighted by molar-refractivity contribution is 0.0216. The van der Waals surface area contributed by atoms with Crippen molar-refractivity contribution in [1.82, 2.24) is 14.8 Å². The van der Waals surface area contributed by atoms with Gasteiger partial charge in [-0.1, -0.05) is 6.92 Å². The molecule has 3 rings (SSSR count). The molecule has 1 unspecified atom stereocenters. The second-order valence-electron chi connectivity index (χ2n) is 8.12. The Morgan fingerprint density at radius 3 is 2.71 bits per heavy atom. The molecule has 1 amide bonds. The summed E-state index contributed by atoms with van der Waals surface area (Å²) >= 11 is 0. The number of aliphatic imine (C=N–C) groups is 1. The average molecular weight is 390 g/mol. The van der Waals surface area contributed by atoms with E-state index in [9.17, 15) is 4.79 Å². The highest BCUT2D eigenvalue weighted by molar-refractivity contribution is 5.94. The Bertz CT molecular complexity index is 738. The molecule has 0 spiro atoms. The van der Waals surface area contributed by atoms with Gasteiger partial charge in [-0.2, -0.15) is 0 Å². The number of carbonyl (C=O) groups is 1. The molecule has 8 heteroatoms. The van der Waals surface area contributed by atoms with Crippen molar-refractivity contribution in [3.8, 4) is 0 Å². The van der Waals surface area contributed by atoms with Gasteiger partial charge < -0.3 is 24.6 Å². The van der Waals surface area contributed by atoms with E-state index < -0.39 is 5.60 Å². The van der Waals surface area contributed by atoms with Gasteiger partial charge in [0, 0.05) is 31.9 Å². The Morgan fingerprint density at radius 2 is 2.07 bits per heavy atom. The number of anilines is 1. The Balaban J connectivity index is 1.90. The van der Waals surface area contributed by atoms with Crippen LogP contribution in [0.25, 0.3) is 0 Å². The quantitative estimate of drug-likeness (QED) is 0.855. The molecule has 1 aromatic heterocycles. The third-order valence-corrected chi connectivity index (χ3v) is 4.89. The van der Waals surface area contributed by atoms with Crippen LogP contribution in [0.15, 0.2) is 17.4 Å². The van der Waals surface area contributed by atoms with Crippen LogP contribution in [0.5, 0.6) is 0 Å². The monoisotopic (exact) mass is 389 g/mol. The van der Waals surface area contributed by atoms with Crippen LogP contribution in [-0.2, 0) is 9.47 Å². The summed E-state index contributed by atoms with van der Waals surface area (Å²) in [6.07, 6.45) is 3.98. The summed E-state index contributed by atoms with van der Waals surface area (Å²) in [5, 5.41) is 3.43. The molecule has 0 aliphatic carbocycles. The summed E-state index contributed by atoms with van der Waals surface area (Å²) in [6.45, 7) is 11.4. The molecule has 8 nitrogen and oxygen atoms in total. The van der Waals surface area contributed by atoms with Gasteiger partial charge in [0.1, 0.15) is 11.4 Å². The first kappa shape index (κ1) is 20.4. The number of amides is 1. The zero-order valence-electron chi connectivity index (χ0n) is 17.5. The Labute approximate surface area is 166 Å². The van der Waals surface area contributed by atoms with Crippen LogP contribution in [0, 0.1) is 0 Å². The largest absolute Gasteiger partial charge is 0.444 e. The molecule has 28 heavy (non-hydrogen) atoms. The molecule has 0 bridgehead atoms. The maximum Gasteiger partial charge on any atom is 0.410 e. The van der Waals surface area contributed by atoms with Crippen molar-refractivity contribution >= 4 is 23.3 Å². The highest BCUT2D eigenvalue weighted by atomic mass is 16.6. The number of amidine groups is 1. The molecule has 0 aromatic carbocycles. The molecule has 1 atom stereocenters. The van der Waals surface area contributed by atoms with E-state index >= 15 is 0 Å². The first-order chi connectivity index (χ1) is 13.3. The minimum absolute atomic E-state index is 0.174. The Hall–Kier alpha value is -2.35. The number of carbonyl (C=O) groups excluding carboxylic acids is 1. The molecule has 0 radical (unpaired) electrons. The number of aromatic nitrogens is 1. The van der Waals surface area contributed by atoms with Crippen LogP contribution in [-0.4, -0.2) is 72.2 Å². The van der Waals surface area contributed by atoms with E-state index in [1.165, 1.54) is 0 Å². The number of ether oxygens (including phenoxy) is 2. The highest BCUT2D eigenvalue weighted by Crippen LogP contribution is 2.38. The van der Waals surface area contributed by atoms with Gasteiger partial charge in [-0.25, -0.2) is 9.79 Å². The predicted molar refractivity (Wildman–Crippen MR) is 109 cm³/mol. The topological polar surface area (TPSA) is 79.3 Å². The molecule has 2 aliphatic heterocycles. The van der Waals surface area contributed by atoms with E-state index in [2.05, 4.69) is 15.2 Å². The minimum Gasteiger partial charge on any atom is -0.444 e. The van der Waals surface area contributed by atoms with Gasteiger partial charge in [0.25, 0.3) is 0 Å². The normalized spacial score (nSPS) is 17.9. The summed E-state index contributed by atoms with van der Waals surface area (Å²) in [7, 11) is 1.77.